The number of carbonyl (C=O) groups excluding carboxylic acids is 2. The second kappa shape index (κ2) is 9.21. The zero-order valence-electron chi connectivity index (χ0n) is 12.7. The summed E-state index contributed by atoms with van der Waals surface area (Å²) < 4.78 is 11.6. The van der Waals surface area contributed by atoms with E-state index in [0.29, 0.717) is 26.1 Å². The Morgan fingerprint density at radius 3 is 2.05 bits per heavy atom. The van der Waals surface area contributed by atoms with Crippen LogP contribution >= 0.6 is 0 Å². The highest BCUT2D eigenvalue weighted by Crippen LogP contribution is 2.23. The van der Waals surface area contributed by atoms with Crippen LogP contribution in [0.2, 0.25) is 0 Å². The van der Waals surface area contributed by atoms with Crippen LogP contribution in [-0.2, 0) is 19.1 Å². The molecule has 0 fully saturated rings. The van der Waals surface area contributed by atoms with Gasteiger partial charge >= 0.3 is 0 Å². The van der Waals surface area contributed by atoms with E-state index in [1.165, 1.54) is 0 Å². The Labute approximate surface area is 116 Å². The van der Waals surface area contributed by atoms with Crippen molar-refractivity contribution in [3.05, 3.63) is 0 Å². The van der Waals surface area contributed by atoms with Gasteiger partial charge in [0, 0.05) is 12.8 Å². The molecule has 0 N–H and O–H groups in total. The second-order valence-electron chi connectivity index (χ2n) is 5.67. The molecule has 0 saturated heterocycles. The Kier molecular flexibility index (Phi) is 8.85. The van der Waals surface area contributed by atoms with Crippen LogP contribution in [0.5, 0.6) is 0 Å². The molecule has 0 heterocycles. The highest BCUT2D eigenvalue weighted by atomic mass is 16.5. The lowest BCUT2D eigenvalue weighted by atomic mass is 9.98. The van der Waals surface area contributed by atoms with Gasteiger partial charge in [-0.1, -0.05) is 6.92 Å². The average Bonchev–Trinajstić information content (AvgIpc) is 2.36. The molecule has 112 valence electrons. The quantitative estimate of drug-likeness (QED) is 0.405. The first-order valence-corrected chi connectivity index (χ1v) is 7.04. The Bertz CT molecular complexity index is 263. The molecule has 1 unspecified atom stereocenters. The second-order valence-corrected chi connectivity index (χ2v) is 5.67. The molecular formula is C15H28O4. The number of rotatable bonds is 12. The molecule has 0 aliphatic carbocycles. The van der Waals surface area contributed by atoms with E-state index < -0.39 is 0 Å². The lowest BCUT2D eigenvalue weighted by Gasteiger charge is -2.31. The standard InChI is InChI=1S/C15H28O4/c1-5-15(4,19-12-7-11-17)9-13-18-14(2,3)8-6-10-16/h10-11H,5-9,12-13H2,1-4H3. The summed E-state index contributed by atoms with van der Waals surface area (Å²) in [5.41, 5.74) is -0.526. The Balaban J connectivity index is 4.05. The van der Waals surface area contributed by atoms with Crippen LogP contribution in [-0.4, -0.2) is 37.0 Å². The lowest BCUT2D eigenvalue weighted by Crippen LogP contribution is -2.33. The van der Waals surface area contributed by atoms with Crippen molar-refractivity contribution in [2.45, 2.75) is 71.0 Å². The first-order chi connectivity index (χ1) is 8.89. The van der Waals surface area contributed by atoms with E-state index in [2.05, 4.69) is 6.92 Å². The third kappa shape index (κ3) is 8.89. The topological polar surface area (TPSA) is 52.6 Å². The zero-order valence-corrected chi connectivity index (χ0v) is 12.7. The monoisotopic (exact) mass is 272 g/mol. The lowest BCUT2D eigenvalue weighted by molar-refractivity contribution is -0.114. The van der Waals surface area contributed by atoms with Crippen LogP contribution in [0.3, 0.4) is 0 Å². The van der Waals surface area contributed by atoms with E-state index in [1.54, 1.807) is 0 Å². The third-order valence-corrected chi connectivity index (χ3v) is 3.42. The zero-order chi connectivity index (χ0) is 14.8. The van der Waals surface area contributed by atoms with Crippen LogP contribution in [0, 0.1) is 0 Å². The maximum atomic E-state index is 10.4. The molecule has 0 aromatic rings. The van der Waals surface area contributed by atoms with Crippen LogP contribution in [0.4, 0.5) is 0 Å². The van der Waals surface area contributed by atoms with E-state index >= 15 is 0 Å². The van der Waals surface area contributed by atoms with Gasteiger partial charge in [0.05, 0.1) is 24.4 Å². The number of hydrogen-bond donors (Lipinski definition) is 0. The normalized spacial score (nSPS) is 14.9. The van der Waals surface area contributed by atoms with Crippen molar-refractivity contribution in [3.63, 3.8) is 0 Å². The molecular weight excluding hydrogens is 244 g/mol. The van der Waals surface area contributed by atoms with Crippen molar-refractivity contribution in [2.24, 2.45) is 0 Å². The smallest absolute Gasteiger partial charge is 0.122 e. The molecule has 0 saturated carbocycles. The van der Waals surface area contributed by atoms with Gasteiger partial charge in [-0.05, 0) is 40.0 Å². The fourth-order valence-electron chi connectivity index (χ4n) is 1.73. The largest absolute Gasteiger partial charge is 0.375 e. The molecule has 0 aromatic carbocycles. The van der Waals surface area contributed by atoms with Crippen molar-refractivity contribution < 1.29 is 19.1 Å². The van der Waals surface area contributed by atoms with Crippen molar-refractivity contribution in [2.75, 3.05) is 13.2 Å². The summed E-state index contributed by atoms with van der Waals surface area (Å²) in [6, 6.07) is 0. The van der Waals surface area contributed by atoms with Gasteiger partial charge in [0.1, 0.15) is 12.6 Å². The molecule has 0 bridgehead atoms. The Morgan fingerprint density at radius 1 is 0.895 bits per heavy atom. The molecule has 0 radical (unpaired) electrons. The van der Waals surface area contributed by atoms with E-state index in [0.717, 1.165) is 31.8 Å². The first kappa shape index (κ1) is 18.3. The number of ether oxygens (including phenoxy) is 2. The van der Waals surface area contributed by atoms with Crippen molar-refractivity contribution in [1.82, 2.24) is 0 Å². The highest BCUT2D eigenvalue weighted by Gasteiger charge is 2.25. The molecule has 4 nitrogen and oxygen atoms in total. The van der Waals surface area contributed by atoms with Crippen molar-refractivity contribution >= 4 is 12.6 Å². The molecule has 0 rings (SSSR count). The van der Waals surface area contributed by atoms with Crippen LogP contribution in [0.1, 0.15) is 59.8 Å². The summed E-state index contributed by atoms with van der Waals surface area (Å²) in [5.74, 6) is 0. The summed E-state index contributed by atoms with van der Waals surface area (Å²) in [7, 11) is 0. The van der Waals surface area contributed by atoms with Gasteiger partial charge in [-0.3, -0.25) is 0 Å². The minimum Gasteiger partial charge on any atom is -0.375 e. The number of carbonyl (C=O) groups is 2. The van der Waals surface area contributed by atoms with Crippen molar-refractivity contribution in [3.8, 4) is 0 Å². The average molecular weight is 272 g/mol. The number of hydrogen-bond acceptors (Lipinski definition) is 4. The fourth-order valence-corrected chi connectivity index (χ4v) is 1.73. The molecule has 1 atom stereocenters. The minimum absolute atomic E-state index is 0.246. The first-order valence-electron chi connectivity index (χ1n) is 7.04. The summed E-state index contributed by atoms with van der Waals surface area (Å²) >= 11 is 0. The maximum absolute atomic E-state index is 10.4. The van der Waals surface area contributed by atoms with E-state index in [1.807, 2.05) is 20.8 Å². The summed E-state index contributed by atoms with van der Waals surface area (Å²) in [4.78, 5) is 20.7. The van der Waals surface area contributed by atoms with Gasteiger partial charge in [0.2, 0.25) is 0 Å². The van der Waals surface area contributed by atoms with Gasteiger partial charge < -0.3 is 19.1 Å². The van der Waals surface area contributed by atoms with Crippen LogP contribution < -0.4 is 0 Å². The van der Waals surface area contributed by atoms with Gasteiger partial charge in [-0.15, -0.1) is 0 Å². The predicted molar refractivity (Wildman–Crippen MR) is 75.3 cm³/mol. The molecule has 0 amide bonds. The number of aldehydes is 2. The van der Waals surface area contributed by atoms with E-state index in [9.17, 15) is 9.59 Å². The SMILES string of the molecule is CCC(C)(CCOC(C)(C)CCC=O)OCCC=O. The van der Waals surface area contributed by atoms with E-state index in [4.69, 9.17) is 9.47 Å². The summed E-state index contributed by atoms with van der Waals surface area (Å²) in [6.45, 7) is 9.15. The van der Waals surface area contributed by atoms with E-state index in [-0.39, 0.29) is 11.2 Å². The molecule has 0 aromatic heterocycles. The molecule has 0 spiro atoms. The van der Waals surface area contributed by atoms with Crippen LogP contribution in [0.25, 0.3) is 0 Å². The Morgan fingerprint density at radius 2 is 1.53 bits per heavy atom. The Hall–Kier alpha value is -0.740. The maximum Gasteiger partial charge on any atom is 0.122 e. The van der Waals surface area contributed by atoms with Gasteiger partial charge in [0.15, 0.2) is 0 Å². The third-order valence-electron chi connectivity index (χ3n) is 3.42. The van der Waals surface area contributed by atoms with Gasteiger partial charge in [-0.25, -0.2) is 0 Å². The molecule has 4 heteroatoms. The molecule has 0 aliphatic rings. The van der Waals surface area contributed by atoms with Crippen LogP contribution in [0.15, 0.2) is 0 Å². The van der Waals surface area contributed by atoms with Gasteiger partial charge in [0.25, 0.3) is 0 Å². The fraction of sp³-hybridized carbons (Fsp3) is 0.867. The summed E-state index contributed by atoms with van der Waals surface area (Å²) in [5, 5.41) is 0. The highest BCUT2D eigenvalue weighted by molar-refractivity contribution is 5.49. The molecule has 19 heavy (non-hydrogen) atoms. The van der Waals surface area contributed by atoms with Gasteiger partial charge in [-0.2, -0.15) is 0 Å². The minimum atomic E-state index is -0.279. The summed E-state index contributed by atoms with van der Waals surface area (Å²) in [6.07, 6.45) is 5.14. The molecule has 0 aliphatic heterocycles. The predicted octanol–water partition coefficient (Wildman–Crippen LogP) is 2.93. The van der Waals surface area contributed by atoms with Crippen molar-refractivity contribution in [1.29, 1.82) is 0 Å².